The summed E-state index contributed by atoms with van der Waals surface area (Å²) >= 11 is 5.35. The first-order valence-corrected chi connectivity index (χ1v) is 8.98. The Kier molecular flexibility index (Phi) is 7.07. The fourth-order valence-corrected chi connectivity index (χ4v) is 2.91. The number of hydrogen-bond acceptors (Lipinski definition) is 2. The molecule has 0 bridgehead atoms. The Morgan fingerprint density at radius 3 is 2.11 bits per heavy atom. The fraction of sp³-hybridized carbons (Fsp3) is 0.350. The molecule has 0 heterocycles. The lowest BCUT2D eigenvalue weighted by molar-refractivity contribution is -0.137. The van der Waals surface area contributed by atoms with Crippen molar-refractivity contribution in [2.75, 3.05) is 12.4 Å². The predicted octanol–water partition coefficient (Wildman–Crippen LogP) is 5.79. The highest BCUT2D eigenvalue weighted by Gasteiger charge is 2.30. The van der Waals surface area contributed by atoms with Gasteiger partial charge in [0.15, 0.2) is 5.11 Å². The standard InChI is InChI=1S/C20H23F3N2OS/c1-13(2)12-18(14-4-10-17(26-3)11-5-14)25-19(27)24-16-8-6-15(7-9-16)20(21,22)23/h4-11,13,18H,12H2,1-3H3,(H2,24,25,27)/t18-/m0/s1. The van der Waals surface area contributed by atoms with E-state index in [1.54, 1.807) is 7.11 Å². The molecular formula is C20H23F3N2OS. The Morgan fingerprint density at radius 2 is 1.63 bits per heavy atom. The summed E-state index contributed by atoms with van der Waals surface area (Å²) < 4.78 is 43.1. The van der Waals surface area contributed by atoms with Crippen LogP contribution in [0, 0.1) is 5.92 Å². The van der Waals surface area contributed by atoms with Crippen molar-refractivity contribution < 1.29 is 17.9 Å². The van der Waals surface area contributed by atoms with Gasteiger partial charge in [0, 0.05) is 5.69 Å². The number of thiocarbonyl (C=S) groups is 1. The lowest BCUT2D eigenvalue weighted by atomic mass is 9.97. The summed E-state index contributed by atoms with van der Waals surface area (Å²) in [7, 11) is 1.61. The van der Waals surface area contributed by atoms with Gasteiger partial charge in [-0.3, -0.25) is 0 Å². The molecule has 0 radical (unpaired) electrons. The van der Waals surface area contributed by atoms with Crippen molar-refractivity contribution in [1.29, 1.82) is 0 Å². The number of rotatable bonds is 6. The van der Waals surface area contributed by atoms with Crippen molar-refractivity contribution in [3.63, 3.8) is 0 Å². The van der Waals surface area contributed by atoms with Gasteiger partial charge in [0.1, 0.15) is 5.75 Å². The first-order valence-electron chi connectivity index (χ1n) is 8.57. The fourth-order valence-electron chi connectivity index (χ4n) is 2.65. The average Bonchev–Trinajstić information content (AvgIpc) is 2.60. The number of benzene rings is 2. The molecule has 2 rings (SSSR count). The van der Waals surface area contributed by atoms with E-state index >= 15 is 0 Å². The molecule has 0 saturated heterocycles. The van der Waals surface area contributed by atoms with E-state index in [0.29, 0.717) is 16.7 Å². The van der Waals surface area contributed by atoms with E-state index in [2.05, 4.69) is 24.5 Å². The molecule has 27 heavy (non-hydrogen) atoms. The highest BCUT2D eigenvalue weighted by atomic mass is 32.1. The van der Waals surface area contributed by atoms with Crippen LogP contribution in [-0.4, -0.2) is 12.2 Å². The molecule has 7 heteroatoms. The Morgan fingerprint density at radius 1 is 1.04 bits per heavy atom. The molecule has 0 aliphatic carbocycles. The van der Waals surface area contributed by atoms with E-state index in [4.69, 9.17) is 17.0 Å². The number of halogens is 3. The van der Waals surface area contributed by atoms with Crippen LogP contribution in [0.25, 0.3) is 0 Å². The Balaban J connectivity index is 2.06. The van der Waals surface area contributed by atoms with E-state index in [-0.39, 0.29) is 6.04 Å². The molecule has 2 aromatic carbocycles. The summed E-state index contributed by atoms with van der Waals surface area (Å²) in [6.45, 7) is 4.23. The number of hydrogen-bond donors (Lipinski definition) is 2. The minimum atomic E-state index is -4.35. The lowest BCUT2D eigenvalue weighted by Crippen LogP contribution is -2.33. The third kappa shape index (κ3) is 6.43. The third-order valence-electron chi connectivity index (χ3n) is 4.00. The maximum absolute atomic E-state index is 12.6. The van der Waals surface area contributed by atoms with Crippen LogP contribution in [0.1, 0.15) is 37.4 Å². The van der Waals surface area contributed by atoms with Crippen molar-refractivity contribution >= 4 is 23.0 Å². The van der Waals surface area contributed by atoms with Crippen LogP contribution < -0.4 is 15.4 Å². The zero-order chi connectivity index (χ0) is 20.0. The molecule has 0 spiro atoms. The minimum absolute atomic E-state index is 0.0228. The lowest BCUT2D eigenvalue weighted by Gasteiger charge is -2.23. The van der Waals surface area contributed by atoms with E-state index in [0.717, 1.165) is 29.9 Å². The van der Waals surface area contributed by atoms with Crippen LogP contribution in [0.15, 0.2) is 48.5 Å². The molecule has 2 aromatic rings. The first kappa shape index (κ1) is 21.0. The Bertz CT molecular complexity index is 743. The van der Waals surface area contributed by atoms with E-state index < -0.39 is 11.7 Å². The molecule has 1 atom stereocenters. The maximum Gasteiger partial charge on any atom is 0.416 e. The van der Waals surface area contributed by atoms with Gasteiger partial charge >= 0.3 is 6.18 Å². The van der Waals surface area contributed by atoms with Crippen LogP contribution in [-0.2, 0) is 6.18 Å². The van der Waals surface area contributed by atoms with E-state index in [1.165, 1.54) is 12.1 Å². The number of anilines is 1. The van der Waals surface area contributed by atoms with Crippen molar-refractivity contribution in [1.82, 2.24) is 5.32 Å². The molecule has 0 aromatic heterocycles. The minimum Gasteiger partial charge on any atom is -0.497 e. The summed E-state index contributed by atoms with van der Waals surface area (Å²) in [6, 6.07) is 12.5. The van der Waals surface area contributed by atoms with Crippen molar-refractivity contribution in [2.45, 2.75) is 32.5 Å². The molecule has 0 amide bonds. The zero-order valence-corrected chi connectivity index (χ0v) is 16.2. The van der Waals surface area contributed by atoms with Crippen LogP contribution in [0.5, 0.6) is 5.75 Å². The zero-order valence-electron chi connectivity index (χ0n) is 15.4. The van der Waals surface area contributed by atoms with Gasteiger partial charge in [0.2, 0.25) is 0 Å². The van der Waals surface area contributed by atoms with Crippen molar-refractivity contribution in [2.24, 2.45) is 5.92 Å². The summed E-state index contributed by atoms with van der Waals surface area (Å²) in [6.07, 6.45) is -3.50. The smallest absolute Gasteiger partial charge is 0.416 e. The monoisotopic (exact) mass is 396 g/mol. The summed E-state index contributed by atoms with van der Waals surface area (Å²) in [5.41, 5.74) is 0.863. The third-order valence-corrected chi connectivity index (χ3v) is 4.22. The van der Waals surface area contributed by atoms with Gasteiger partial charge < -0.3 is 15.4 Å². The topological polar surface area (TPSA) is 33.3 Å². The van der Waals surface area contributed by atoms with Crippen LogP contribution in [0.4, 0.5) is 18.9 Å². The number of ether oxygens (including phenoxy) is 1. The van der Waals surface area contributed by atoms with Crippen LogP contribution >= 0.6 is 12.2 Å². The highest BCUT2D eigenvalue weighted by Crippen LogP contribution is 2.30. The molecule has 3 nitrogen and oxygen atoms in total. The predicted molar refractivity (Wildman–Crippen MR) is 106 cm³/mol. The summed E-state index contributed by atoms with van der Waals surface area (Å²) in [5.74, 6) is 1.20. The van der Waals surface area contributed by atoms with Crippen LogP contribution in [0.2, 0.25) is 0 Å². The van der Waals surface area contributed by atoms with Gasteiger partial charge in [-0.15, -0.1) is 0 Å². The van der Waals surface area contributed by atoms with Crippen LogP contribution in [0.3, 0.4) is 0 Å². The maximum atomic E-state index is 12.6. The number of methoxy groups -OCH3 is 1. The quantitative estimate of drug-likeness (QED) is 0.606. The molecule has 0 unspecified atom stereocenters. The van der Waals surface area contributed by atoms with Gasteiger partial charge in [0.25, 0.3) is 0 Å². The molecule has 0 aliphatic rings. The van der Waals surface area contributed by atoms with Gasteiger partial charge in [-0.2, -0.15) is 13.2 Å². The van der Waals surface area contributed by atoms with E-state index in [1.807, 2.05) is 24.3 Å². The molecule has 0 aliphatic heterocycles. The largest absolute Gasteiger partial charge is 0.497 e. The second kappa shape index (κ2) is 9.08. The van der Waals surface area contributed by atoms with Gasteiger partial charge in [0.05, 0.1) is 18.7 Å². The Labute approximate surface area is 162 Å². The molecule has 2 N–H and O–H groups in total. The molecule has 146 valence electrons. The normalized spacial score (nSPS) is 12.6. The SMILES string of the molecule is COc1ccc([C@H](CC(C)C)NC(=S)Nc2ccc(C(F)(F)F)cc2)cc1. The molecule has 0 fully saturated rings. The van der Waals surface area contributed by atoms with Gasteiger partial charge in [-0.05, 0) is 66.5 Å². The average molecular weight is 396 g/mol. The van der Waals surface area contributed by atoms with Gasteiger partial charge in [-0.1, -0.05) is 26.0 Å². The first-order chi connectivity index (χ1) is 12.7. The summed E-state index contributed by atoms with van der Waals surface area (Å²) in [5, 5.41) is 6.56. The highest BCUT2D eigenvalue weighted by molar-refractivity contribution is 7.80. The van der Waals surface area contributed by atoms with E-state index in [9.17, 15) is 13.2 Å². The Hall–Kier alpha value is -2.28. The van der Waals surface area contributed by atoms with Crippen molar-refractivity contribution in [3.8, 4) is 5.75 Å². The molecular weight excluding hydrogens is 373 g/mol. The summed E-state index contributed by atoms with van der Waals surface area (Å²) in [4.78, 5) is 0. The van der Waals surface area contributed by atoms with Gasteiger partial charge in [-0.25, -0.2) is 0 Å². The second-order valence-corrected chi connectivity index (χ2v) is 7.04. The van der Waals surface area contributed by atoms with Crippen molar-refractivity contribution in [3.05, 3.63) is 59.7 Å². The second-order valence-electron chi connectivity index (χ2n) is 6.63. The number of nitrogens with one attached hydrogen (secondary N) is 2. The number of alkyl halides is 3. The molecule has 0 saturated carbocycles.